The Bertz CT molecular complexity index is 1180. The third-order valence-electron chi connectivity index (χ3n) is 4.42. The summed E-state index contributed by atoms with van der Waals surface area (Å²) in [6.07, 6.45) is 1.58. The molecular weight excluding hydrogens is 428 g/mol. The number of furan rings is 1. The first kappa shape index (κ1) is 20.9. The van der Waals surface area contributed by atoms with E-state index in [1.807, 2.05) is 48.5 Å². The topological polar surface area (TPSA) is 79.2 Å². The van der Waals surface area contributed by atoms with Gasteiger partial charge in [-0.1, -0.05) is 36.4 Å². The van der Waals surface area contributed by atoms with Crippen LogP contribution >= 0.6 is 24.0 Å². The monoisotopic (exact) mass is 448 g/mol. The number of hydrazine groups is 1. The number of fused-ring (bicyclic) bond motifs is 1. The summed E-state index contributed by atoms with van der Waals surface area (Å²) in [5.41, 5.74) is 7.21. The molecule has 31 heavy (non-hydrogen) atoms. The maximum Gasteiger partial charge on any atom is 0.270 e. The van der Waals surface area contributed by atoms with Gasteiger partial charge in [-0.15, -0.1) is 11.8 Å². The molecule has 8 heteroatoms. The lowest BCUT2D eigenvalue weighted by Gasteiger charge is -2.13. The van der Waals surface area contributed by atoms with Gasteiger partial charge in [0.05, 0.1) is 17.3 Å². The standard InChI is InChI=1S/C23H20N4O2S2/c28-22(26-27-23(30)24-12-14-31-16-7-2-1-3-8-16)18-15-20(21-11-6-13-29-21)25-19-10-5-4-9-17(18)19/h1-11,13,15H,12,14H2,(H,26,28)(H2,24,27,30). The van der Waals surface area contributed by atoms with Crippen molar-refractivity contribution in [3.63, 3.8) is 0 Å². The van der Waals surface area contributed by atoms with Crippen LogP contribution in [0, 0.1) is 0 Å². The van der Waals surface area contributed by atoms with Crippen molar-refractivity contribution < 1.29 is 9.21 Å². The average molecular weight is 449 g/mol. The number of thiocarbonyl (C=S) groups is 1. The van der Waals surface area contributed by atoms with E-state index in [1.54, 1.807) is 30.2 Å². The molecule has 4 aromatic rings. The van der Waals surface area contributed by atoms with Crippen LogP contribution in [0.3, 0.4) is 0 Å². The second-order valence-electron chi connectivity index (χ2n) is 6.55. The molecule has 0 bridgehead atoms. The molecule has 0 radical (unpaired) electrons. The van der Waals surface area contributed by atoms with Crippen LogP contribution in [-0.2, 0) is 0 Å². The van der Waals surface area contributed by atoms with Gasteiger partial charge < -0.3 is 9.73 Å². The Balaban J connectivity index is 1.36. The molecule has 2 aromatic carbocycles. The summed E-state index contributed by atoms with van der Waals surface area (Å²) in [6.45, 7) is 0.669. The molecule has 0 saturated carbocycles. The van der Waals surface area contributed by atoms with Gasteiger partial charge in [-0.05, 0) is 48.6 Å². The second kappa shape index (κ2) is 10.1. The number of hydrogen-bond donors (Lipinski definition) is 3. The van der Waals surface area contributed by atoms with Crippen LogP contribution in [0.1, 0.15) is 10.4 Å². The van der Waals surface area contributed by atoms with E-state index in [1.165, 1.54) is 4.90 Å². The number of nitrogens with one attached hydrogen (secondary N) is 3. The fourth-order valence-electron chi connectivity index (χ4n) is 2.99. The van der Waals surface area contributed by atoms with E-state index in [2.05, 4.69) is 33.3 Å². The number of carbonyl (C=O) groups excluding carboxylic acids is 1. The molecule has 0 atom stereocenters. The maximum absolute atomic E-state index is 12.9. The predicted octanol–water partition coefficient (Wildman–Crippen LogP) is 4.40. The molecule has 2 heterocycles. The van der Waals surface area contributed by atoms with Crippen molar-refractivity contribution >= 4 is 45.9 Å². The molecule has 0 saturated heterocycles. The van der Waals surface area contributed by atoms with Crippen molar-refractivity contribution in [3.05, 3.63) is 84.6 Å². The first-order valence-corrected chi connectivity index (χ1v) is 11.1. The van der Waals surface area contributed by atoms with Crippen LogP contribution < -0.4 is 16.2 Å². The van der Waals surface area contributed by atoms with Crippen LogP contribution in [0.25, 0.3) is 22.4 Å². The van der Waals surface area contributed by atoms with Crippen molar-refractivity contribution in [2.75, 3.05) is 12.3 Å². The Labute approximate surface area is 189 Å². The molecule has 3 N–H and O–H groups in total. The number of para-hydroxylation sites is 1. The smallest absolute Gasteiger partial charge is 0.270 e. The van der Waals surface area contributed by atoms with Crippen LogP contribution in [0.2, 0.25) is 0 Å². The summed E-state index contributed by atoms with van der Waals surface area (Å²) in [4.78, 5) is 18.7. The predicted molar refractivity (Wildman–Crippen MR) is 128 cm³/mol. The van der Waals surface area contributed by atoms with E-state index in [0.717, 1.165) is 11.1 Å². The van der Waals surface area contributed by atoms with E-state index in [4.69, 9.17) is 16.6 Å². The maximum atomic E-state index is 12.9. The SMILES string of the molecule is O=C(NNC(=S)NCCSc1ccccc1)c1cc(-c2ccco2)nc2ccccc12. The zero-order valence-electron chi connectivity index (χ0n) is 16.5. The van der Waals surface area contributed by atoms with E-state index >= 15 is 0 Å². The molecule has 4 rings (SSSR count). The minimum Gasteiger partial charge on any atom is -0.463 e. The van der Waals surface area contributed by atoms with Gasteiger partial charge in [-0.3, -0.25) is 15.6 Å². The Kier molecular flexibility index (Phi) is 6.81. The van der Waals surface area contributed by atoms with E-state index < -0.39 is 0 Å². The number of rotatable bonds is 6. The highest BCUT2D eigenvalue weighted by Crippen LogP contribution is 2.25. The van der Waals surface area contributed by atoms with Gasteiger partial charge in [-0.25, -0.2) is 4.98 Å². The third-order valence-corrected chi connectivity index (χ3v) is 5.68. The number of pyridine rings is 1. The van der Waals surface area contributed by atoms with Crippen molar-refractivity contribution in [3.8, 4) is 11.5 Å². The highest BCUT2D eigenvalue weighted by molar-refractivity contribution is 7.99. The largest absolute Gasteiger partial charge is 0.463 e. The Morgan fingerprint density at radius 3 is 2.61 bits per heavy atom. The molecule has 0 aliphatic rings. The molecule has 0 spiro atoms. The molecule has 0 unspecified atom stereocenters. The number of amides is 1. The van der Waals surface area contributed by atoms with Gasteiger partial charge in [0, 0.05) is 22.6 Å². The zero-order valence-corrected chi connectivity index (χ0v) is 18.1. The van der Waals surface area contributed by atoms with Crippen molar-refractivity contribution in [1.82, 2.24) is 21.2 Å². The molecule has 1 amide bonds. The Morgan fingerprint density at radius 2 is 1.81 bits per heavy atom. The summed E-state index contributed by atoms with van der Waals surface area (Å²) in [5, 5.41) is 4.19. The summed E-state index contributed by atoms with van der Waals surface area (Å²) in [5.74, 6) is 1.14. The highest BCUT2D eigenvalue weighted by Gasteiger charge is 2.15. The minimum absolute atomic E-state index is 0.311. The molecule has 6 nitrogen and oxygen atoms in total. The first-order valence-electron chi connectivity index (χ1n) is 9.66. The van der Waals surface area contributed by atoms with Crippen LogP contribution in [0.4, 0.5) is 0 Å². The fourth-order valence-corrected chi connectivity index (χ4v) is 3.93. The summed E-state index contributed by atoms with van der Waals surface area (Å²) >= 11 is 7.00. The van der Waals surface area contributed by atoms with Gasteiger partial charge in [0.15, 0.2) is 10.9 Å². The molecule has 0 aliphatic carbocycles. The highest BCUT2D eigenvalue weighted by atomic mass is 32.2. The number of benzene rings is 2. The summed E-state index contributed by atoms with van der Waals surface area (Å²) in [6, 6.07) is 22.9. The van der Waals surface area contributed by atoms with Gasteiger partial charge >= 0.3 is 0 Å². The van der Waals surface area contributed by atoms with Crippen LogP contribution in [0.15, 0.2) is 88.4 Å². The number of aromatic nitrogens is 1. The fraction of sp³-hybridized carbons (Fsp3) is 0.0870. The van der Waals surface area contributed by atoms with Crippen molar-refractivity contribution in [2.45, 2.75) is 4.90 Å². The van der Waals surface area contributed by atoms with Crippen LogP contribution in [-0.4, -0.2) is 28.3 Å². The van der Waals surface area contributed by atoms with E-state index in [-0.39, 0.29) is 5.91 Å². The second-order valence-corrected chi connectivity index (χ2v) is 8.12. The number of hydrogen-bond acceptors (Lipinski definition) is 5. The first-order chi connectivity index (χ1) is 15.2. The number of nitrogens with zero attached hydrogens (tertiary/aromatic N) is 1. The Hall–Kier alpha value is -3.36. The van der Waals surface area contributed by atoms with E-state index in [9.17, 15) is 4.79 Å². The van der Waals surface area contributed by atoms with E-state index in [0.29, 0.717) is 34.2 Å². The number of thioether (sulfide) groups is 1. The molecular formula is C23H20N4O2S2. The summed E-state index contributed by atoms with van der Waals surface area (Å²) in [7, 11) is 0. The lowest BCUT2D eigenvalue weighted by atomic mass is 10.1. The van der Waals surface area contributed by atoms with Crippen molar-refractivity contribution in [2.24, 2.45) is 0 Å². The van der Waals surface area contributed by atoms with Crippen molar-refractivity contribution in [1.29, 1.82) is 0 Å². The minimum atomic E-state index is -0.311. The quantitative estimate of drug-likeness (QED) is 0.175. The number of carbonyl (C=O) groups is 1. The summed E-state index contributed by atoms with van der Waals surface area (Å²) < 4.78 is 5.45. The average Bonchev–Trinajstić information content (AvgIpc) is 3.35. The zero-order chi connectivity index (χ0) is 21.5. The molecule has 0 fully saturated rings. The van der Waals surface area contributed by atoms with Gasteiger partial charge in [-0.2, -0.15) is 0 Å². The van der Waals surface area contributed by atoms with Gasteiger partial charge in [0.2, 0.25) is 0 Å². The molecule has 0 aliphatic heterocycles. The van der Waals surface area contributed by atoms with Gasteiger partial charge in [0.1, 0.15) is 5.69 Å². The Morgan fingerprint density at radius 1 is 1.00 bits per heavy atom. The lowest BCUT2D eigenvalue weighted by molar-refractivity contribution is 0.0945. The van der Waals surface area contributed by atoms with Crippen LogP contribution in [0.5, 0.6) is 0 Å². The molecule has 156 valence electrons. The third kappa shape index (κ3) is 5.42. The molecule has 2 aromatic heterocycles. The normalized spacial score (nSPS) is 10.6. The van der Waals surface area contributed by atoms with Gasteiger partial charge in [0.25, 0.3) is 5.91 Å². The lowest BCUT2D eigenvalue weighted by Crippen LogP contribution is -2.47.